The van der Waals surface area contributed by atoms with Crippen molar-refractivity contribution in [3.8, 4) is 5.88 Å². The third kappa shape index (κ3) is 1.74. The van der Waals surface area contributed by atoms with Crippen LogP contribution in [0, 0.1) is 0 Å². The molecular weight excluding hydrogens is 312 g/mol. The fourth-order valence-electron chi connectivity index (χ4n) is 4.00. The lowest BCUT2D eigenvalue weighted by molar-refractivity contribution is -0.142. The smallest absolute Gasteiger partial charge is 0.352 e. The number of β-lactam (4-membered cyclic amide) rings is 1. The van der Waals surface area contributed by atoms with Gasteiger partial charge in [-0.15, -0.1) is 0 Å². The summed E-state index contributed by atoms with van der Waals surface area (Å²) in [5.41, 5.74) is 1.38. The van der Waals surface area contributed by atoms with Crippen molar-refractivity contribution in [1.82, 2.24) is 20.0 Å². The highest BCUT2D eigenvalue weighted by molar-refractivity contribution is 6.10. The van der Waals surface area contributed by atoms with Crippen LogP contribution in [0.5, 0.6) is 5.88 Å². The summed E-state index contributed by atoms with van der Waals surface area (Å²) in [6, 6.07) is 1.92. The molecule has 0 radical (unpaired) electrons. The van der Waals surface area contributed by atoms with Crippen molar-refractivity contribution in [1.29, 1.82) is 0 Å². The van der Waals surface area contributed by atoms with E-state index in [0.29, 0.717) is 17.7 Å². The number of hydrogen-bond donors (Lipinski definition) is 2. The molecule has 0 aromatic carbocycles. The van der Waals surface area contributed by atoms with E-state index in [1.54, 1.807) is 12.2 Å². The number of aromatic nitrogens is 2. The standard InChI is InChI=1S/C16H16N4O4/c21-15-9(10-1-2-12(16(22)23)19(10)15)5-8-6-14-20(18-8)11-3-4-17-7-13(11)24-14/h2,5-6,10-11,13,17H,1,3-4,7H2,(H,22,23)/b9-5+. The molecule has 8 nitrogen and oxygen atoms in total. The molecule has 2 N–H and O–H groups in total. The van der Waals surface area contributed by atoms with Gasteiger partial charge in [0, 0.05) is 18.2 Å². The Morgan fingerprint density at radius 2 is 2.38 bits per heavy atom. The number of nitrogens with zero attached hydrogens (tertiary/aromatic N) is 3. The fraction of sp³-hybridized carbons (Fsp3) is 0.438. The maximum atomic E-state index is 12.2. The molecule has 24 heavy (non-hydrogen) atoms. The van der Waals surface area contributed by atoms with Gasteiger partial charge in [-0.25, -0.2) is 9.48 Å². The number of hydrogen-bond acceptors (Lipinski definition) is 5. The summed E-state index contributed by atoms with van der Waals surface area (Å²) in [6.07, 6.45) is 4.99. The molecule has 1 amide bonds. The number of carbonyl (C=O) groups excluding carboxylic acids is 1. The number of ether oxygens (including phenoxy) is 1. The number of rotatable bonds is 2. The molecule has 124 valence electrons. The second kappa shape index (κ2) is 4.70. The summed E-state index contributed by atoms with van der Waals surface area (Å²) in [7, 11) is 0. The van der Waals surface area contributed by atoms with E-state index in [2.05, 4.69) is 10.4 Å². The fourth-order valence-corrected chi connectivity index (χ4v) is 4.00. The normalized spacial score (nSPS) is 31.9. The Morgan fingerprint density at radius 3 is 3.21 bits per heavy atom. The molecule has 1 aromatic heterocycles. The molecule has 8 heteroatoms. The van der Waals surface area contributed by atoms with Crippen molar-refractivity contribution in [2.24, 2.45) is 0 Å². The first-order chi connectivity index (χ1) is 11.6. The first-order valence-electron chi connectivity index (χ1n) is 8.09. The van der Waals surface area contributed by atoms with Gasteiger partial charge in [0.15, 0.2) is 0 Å². The first-order valence-corrected chi connectivity index (χ1v) is 8.09. The molecule has 5 rings (SSSR count). The Labute approximate surface area is 137 Å². The largest absolute Gasteiger partial charge is 0.477 e. The summed E-state index contributed by atoms with van der Waals surface area (Å²) in [4.78, 5) is 24.7. The number of carboxylic acids is 1. The van der Waals surface area contributed by atoms with Crippen molar-refractivity contribution < 1.29 is 19.4 Å². The quantitative estimate of drug-likeness (QED) is 0.592. The zero-order chi connectivity index (χ0) is 16.4. The molecule has 2 fully saturated rings. The van der Waals surface area contributed by atoms with E-state index in [9.17, 15) is 9.59 Å². The van der Waals surface area contributed by atoms with Gasteiger partial charge in [-0.3, -0.25) is 9.69 Å². The summed E-state index contributed by atoms with van der Waals surface area (Å²) < 4.78 is 7.82. The molecule has 4 aliphatic heterocycles. The number of carbonyl (C=O) groups is 2. The Bertz CT molecular complexity index is 824. The number of amides is 1. The van der Waals surface area contributed by atoms with Gasteiger partial charge < -0.3 is 15.2 Å². The molecule has 0 bridgehead atoms. The van der Waals surface area contributed by atoms with Crippen LogP contribution < -0.4 is 10.1 Å². The minimum atomic E-state index is -1.06. The average Bonchev–Trinajstić information content (AvgIpc) is 3.22. The predicted molar refractivity (Wildman–Crippen MR) is 82.1 cm³/mol. The van der Waals surface area contributed by atoms with Crippen LogP contribution in [0.4, 0.5) is 0 Å². The number of carboxylic acid groups (broad SMARTS) is 1. The molecule has 4 aliphatic rings. The highest BCUT2D eigenvalue weighted by atomic mass is 16.5. The van der Waals surface area contributed by atoms with E-state index >= 15 is 0 Å². The highest BCUT2D eigenvalue weighted by Crippen LogP contribution is 2.40. The Balaban J connectivity index is 1.40. The molecule has 3 unspecified atom stereocenters. The van der Waals surface area contributed by atoms with Crippen LogP contribution in [-0.4, -0.2) is 56.9 Å². The monoisotopic (exact) mass is 328 g/mol. The van der Waals surface area contributed by atoms with Crippen molar-refractivity contribution in [2.45, 2.75) is 31.0 Å². The third-order valence-corrected chi connectivity index (χ3v) is 5.15. The van der Waals surface area contributed by atoms with E-state index in [-0.39, 0.29) is 29.8 Å². The van der Waals surface area contributed by atoms with Crippen molar-refractivity contribution in [3.63, 3.8) is 0 Å². The summed E-state index contributed by atoms with van der Waals surface area (Å²) in [6.45, 7) is 1.77. The Hall–Kier alpha value is -2.61. The van der Waals surface area contributed by atoms with Gasteiger partial charge in [-0.05, 0) is 25.5 Å². The van der Waals surface area contributed by atoms with Crippen LogP contribution >= 0.6 is 0 Å². The van der Waals surface area contributed by atoms with E-state index in [1.165, 1.54) is 4.90 Å². The molecule has 2 saturated heterocycles. The van der Waals surface area contributed by atoms with Crippen LogP contribution in [0.3, 0.4) is 0 Å². The minimum absolute atomic E-state index is 0.0790. The van der Waals surface area contributed by atoms with Gasteiger partial charge in [0.25, 0.3) is 5.91 Å². The Morgan fingerprint density at radius 1 is 1.50 bits per heavy atom. The lowest BCUT2D eigenvalue weighted by atomic mass is 9.93. The van der Waals surface area contributed by atoms with Gasteiger partial charge in [0.05, 0.1) is 17.8 Å². The lowest BCUT2D eigenvalue weighted by Gasteiger charge is -2.38. The molecule has 3 atom stereocenters. The highest BCUT2D eigenvalue weighted by Gasteiger charge is 2.48. The van der Waals surface area contributed by atoms with Crippen LogP contribution in [-0.2, 0) is 9.59 Å². The molecule has 0 spiro atoms. The number of piperidine rings is 1. The van der Waals surface area contributed by atoms with Gasteiger partial charge in [0.1, 0.15) is 11.8 Å². The lowest BCUT2D eigenvalue weighted by Crippen LogP contribution is -2.52. The number of nitrogens with one attached hydrogen (secondary N) is 1. The number of aliphatic carboxylic acids is 1. The molecular formula is C16H16N4O4. The van der Waals surface area contributed by atoms with E-state index in [4.69, 9.17) is 9.84 Å². The van der Waals surface area contributed by atoms with Gasteiger partial charge >= 0.3 is 5.97 Å². The minimum Gasteiger partial charge on any atom is -0.477 e. The second-order valence-electron chi connectivity index (χ2n) is 6.49. The zero-order valence-corrected chi connectivity index (χ0v) is 12.8. The predicted octanol–water partition coefficient (Wildman–Crippen LogP) is 0.145. The van der Waals surface area contributed by atoms with Crippen LogP contribution in [0.2, 0.25) is 0 Å². The van der Waals surface area contributed by atoms with E-state index in [1.807, 2.05) is 10.7 Å². The van der Waals surface area contributed by atoms with Gasteiger partial charge in [0.2, 0.25) is 5.88 Å². The first kappa shape index (κ1) is 13.8. The van der Waals surface area contributed by atoms with Crippen LogP contribution in [0.1, 0.15) is 24.6 Å². The second-order valence-corrected chi connectivity index (χ2v) is 6.49. The van der Waals surface area contributed by atoms with E-state index < -0.39 is 5.97 Å². The molecule has 5 heterocycles. The van der Waals surface area contributed by atoms with Crippen molar-refractivity contribution in [3.05, 3.63) is 29.1 Å². The van der Waals surface area contributed by atoms with Gasteiger partial charge in [-0.1, -0.05) is 6.08 Å². The number of fused-ring (bicyclic) bond motifs is 4. The van der Waals surface area contributed by atoms with Crippen molar-refractivity contribution >= 4 is 18.0 Å². The third-order valence-electron chi connectivity index (χ3n) is 5.15. The summed E-state index contributed by atoms with van der Waals surface area (Å²) in [5, 5.41) is 17.0. The maximum Gasteiger partial charge on any atom is 0.352 e. The summed E-state index contributed by atoms with van der Waals surface area (Å²) in [5.74, 6) is -0.573. The summed E-state index contributed by atoms with van der Waals surface area (Å²) >= 11 is 0. The van der Waals surface area contributed by atoms with Crippen LogP contribution in [0.15, 0.2) is 23.4 Å². The Kier molecular flexibility index (Phi) is 2.70. The molecule has 1 aromatic rings. The average molecular weight is 328 g/mol. The van der Waals surface area contributed by atoms with Crippen molar-refractivity contribution in [2.75, 3.05) is 13.1 Å². The molecule has 0 aliphatic carbocycles. The van der Waals surface area contributed by atoms with E-state index in [0.717, 1.165) is 25.4 Å². The zero-order valence-electron chi connectivity index (χ0n) is 12.8. The topological polar surface area (TPSA) is 96.7 Å². The molecule has 0 saturated carbocycles. The van der Waals surface area contributed by atoms with Crippen LogP contribution in [0.25, 0.3) is 6.08 Å². The SMILES string of the molecule is O=C(O)C1=CCC2/C(=C\c3cc4n(n3)C3CCNCC3O4)C(=O)N12. The van der Waals surface area contributed by atoms with Gasteiger partial charge in [-0.2, -0.15) is 5.10 Å². The maximum absolute atomic E-state index is 12.2.